The molecule has 54 heavy (non-hydrogen) atoms. The van der Waals surface area contributed by atoms with E-state index in [-0.39, 0.29) is 42.0 Å². The summed E-state index contributed by atoms with van der Waals surface area (Å²) in [5, 5.41) is 16.2. The van der Waals surface area contributed by atoms with Crippen LogP contribution in [-0.4, -0.2) is 89.9 Å². The fraction of sp³-hybridized carbons (Fsp3) is 0.300. The molecule has 6 aromatic rings. The minimum atomic E-state index is -0.315. The van der Waals surface area contributed by atoms with Crippen molar-refractivity contribution in [3.63, 3.8) is 0 Å². The van der Waals surface area contributed by atoms with Crippen LogP contribution in [0.1, 0.15) is 36.2 Å². The molecular formula is C40H41ClN10O3. The molecule has 5 N–H and O–H groups in total. The van der Waals surface area contributed by atoms with E-state index in [1.54, 1.807) is 45.6 Å². The molecule has 4 heterocycles. The van der Waals surface area contributed by atoms with E-state index in [9.17, 15) is 14.7 Å². The molecule has 13 nitrogen and oxygen atoms in total. The molecule has 1 atom stereocenters. The van der Waals surface area contributed by atoms with E-state index in [1.165, 1.54) is 6.33 Å². The zero-order valence-corrected chi connectivity index (χ0v) is 30.7. The van der Waals surface area contributed by atoms with Gasteiger partial charge in [0.15, 0.2) is 5.65 Å². The predicted molar refractivity (Wildman–Crippen MR) is 210 cm³/mol. The standard InChI is InChI=1S/C40H41ClN10O3/c1-48-19-21-49(22-20-48)18-17-28(38(43)53)8-3-2-7-26-10-6-12-32-34(26)40(54)50(23-29-9-4-5-11-31(29)41)33(46-32)24-51-39-35(37(42)44-25-45-39)36(47-51)27-13-15-30(52)16-14-27/h4-6,9-16,25,28,52H,3,8,17-24H2,1H3,(H2,43,53)(H2,42,44,45). The van der Waals surface area contributed by atoms with Crippen LogP contribution in [0.25, 0.3) is 33.2 Å². The van der Waals surface area contributed by atoms with Crippen LogP contribution in [0.3, 0.4) is 0 Å². The van der Waals surface area contributed by atoms with E-state index in [1.807, 2.05) is 30.3 Å². The highest BCUT2D eigenvalue weighted by Gasteiger charge is 2.22. The van der Waals surface area contributed by atoms with Crippen molar-refractivity contribution in [2.24, 2.45) is 11.7 Å². The highest BCUT2D eigenvalue weighted by molar-refractivity contribution is 6.31. The topological polar surface area (TPSA) is 174 Å². The molecule has 1 amide bonds. The number of rotatable bonds is 11. The number of carbonyl (C=O) groups excluding carboxylic acids is 1. The number of phenolic OH excluding ortho intramolecular Hbond substituents is 1. The maximum absolute atomic E-state index is 14.6. The summed E-state index contributed by atoms with van der Waals surface area (Å²) >= 11 is 6.61. The van der Waals surface area contributed by atoms with Gasteiger partial charge >= 0.3 is 0 Å². The highest BCUT2D eigenvalue weighted by Crippen LogP contribution is 2.31. The summed E-state index contributed by atoms with van der Waals surface area (Å²) in [5.41, 5.74) is 15.3. The van der Waals surface area contributed by atoms with E-state index in [2.05, 4.69) is 38.7 Å². The Morgan fingerprint density at radius 1 is 0.963 bits per heavy atom. The lowest BCUT2D eigenvalue weighted by molar-refractivity contribution is -0.122. The summed E-state index contributed by atoms with van der Waals surface area (Å²) in [4.78, 5) is 45.3. The molecule has 276 valence electrons. The third-order valence-electron chi connectivity index (χ3n) is 9.97. The summed E-state index contributed by atoms with van der Waals surface area (Å²) in [6.07, 6.45) is 3.05. The van der Waals surface area contributed by atoms with Crippen LogP contribution in [0.4, 0.5) is 5.82 Å². The predicted octanol–water partition coefficient (Wildman–Crippen LogP) is 4.11. The van der Waals surface area contributed by atoms with Crippen LogP contribution in [0, 0.1) is 17.8 Å². The molecule has 0 bridgehead atoms. The first-order valence-corrected chi connectivity index (χ1v) is 18.3. The van der Waals surface area contributed by atoms with Gasteiger partial charge in [-0.3, -0.25) is 14.2 Å². The van der Waals surface area contributed by atoms with Crippen LogP contribution >= 0.6 is 11.6 Å². The Labute approximate surface area is 317 Å². The first kappa shape index (κ1) is 36.5. The molecule has 0 spiro atoms. The summed E-state index contributed by atoms with van der Waals surface area (Å²) in [6, 6.07) is 19.4. The number of anilines is 1. The monoisotopic (exact) mass is 744 g/mol. The molecule has 1 fully saturated rings. The molecule has 3 aromatic carbocycles. The number of hydrogen-bond donors (Lipinski definition) is 3. The van der Waals surface area contributed by atoms with Gasteiger partial charge in [-0.15, -0.1) is 0 Å². The van der Waals surface area contributed by atoms with Gasteiger partial charge in [0.1, 0.15) is 36.0 Å². The summed E-state index contributed by atoms with van der Waals surface area (Å²) in [6.45, 7) is 5.03. The molecule has 14 heteroatoms. The van der Waals surface area contributed by atoms with Gasteiger partial charge in [-0.2, -0.15) is 5.10 Å². The van der Waals surface area contributed by atoms with E-state index < -0.39 is 0 Å². The van der Waals surface area contributed by atoms with Crippen molar-refractivity contribution in [2.45, 2.75) is 32.4 Å². The number of aromatic nitrogens is 6. The lowest BCUT2D eigenvalue weighted by atomic mass is 9.98. The Morgan fingerprint density at radius 2 is 1.74 bits per heavy atom. The third-order valence-corrected chi connectivity index (χ3v) is 10.3. The van der Waals surface area contributed by atoms with Crippen molar-refractivity contribution < 1.29 is 9.90 Å². The van der Waals surface area contributed by atoms with E-state index in [4.69, 9.17) is 33.2 Å². The molecule has 0 radical (unpaired) electrons. The number of hydrogen-bond acceptors (Lipinski definition) is 10. The maximum atomic E-state index is 14.6. The number of nitrogens with zero attached hydrogens (tertiary/aromatic N) is 8. The van der Waals surface area contributed by atoms with Gasteiger partial charge < -0.3 is 26.4 Å². The van der Waals surface area contributed by atoms with E-state index in [0.717, 1.165) is 38.3 Å². The molecule has 1 aliphatic rings. The number of nitrogens with two attached hydrogens (primary N) is 2. The number of fused-ring (bicyclic) bond motifs is 2. The minimum absolute atomic E-state index is 0.0687. The van der Waals surface area contributed by atoms with E-state index >= 15 is 0 Å². The number of amides is 1. The summed E-state index contributed by atoms with van der Waals surface area (Å²) in [5.74, 6) is 6.58. The number of likely N-dealkylation sites (N-methyl/N-ethyl adjacent to an activating group) is 1. The van der Waals surface area contributed by atoms with Crippen molar-refractivity contribution in [3.8, 4) is 28.8 Å². The van der Waals surface area contributed by atoms with Crippen molar-refractivity contribution in [1.29, 1.82) is 0 Å². The Kier molecular flexibility index (Phi) is 10.9. The molecule has 0 aliphatic carbocycles. The van der Waals surface area contributed by atoms with Crippen molar-refractivity contribution in [2.75, 3.05) is 45.5 Å². The molecular weight excluding hydrogens is 704 g/mol. The number of phenols is 1. The molecule has 3 aromatic heterocycles. The lowest BCUT2D eigenvalue weighted by Crippen LogP contribution is -2.45. The smallest absolute Gasteiger partial charge is 0.263 e. The molecule has 1 saturated heterocycles. The number of halogens is 1. The van der Waals surface area contributed by atoms with Crippen LogP contribution in [0.2, 0.25) is 5.02 Å². The Morgan fingerprint density at radius 3 is 2.50 bits per heavy atom. The van der Waals surface area contributed by atoms with Gasteiger partial charge in [0.05, 0.1) is 22.8 Å². The molecule has 1 unspecified atom stereocenters. The number of carbonyl (C=O) groups is 1. The zero-order valence-electron chi connectivity index (χ0n) is 30.0. The second-order valence-corrected chi connectivity index (χ2v) is 14.0. The summed E-state index contributed by atoms with van der Waals surface area (Å²) < 4.78 is 3.24. The first-order valence-electron chi connectivity index (χ1n) is 17.9. The van der Waals surface area contributed by atoms with Gasteiger partial charge in [-0.05, 0) is 74.5 Å². The number of aromatic hydroxyl groups is 1. The maximum Gasteiger partial charge on any atom is 0.263 e. The van der Waals surface area contributed by atoms with Gasteiger partial charge in [-0.1, -0.05) is 47.7 Å². The van der Waals surface area contributed by atoms with Gasteiger partial charge in [0.2, 0.25) is 5.91 Å². The van der Waals surface area contributed by atoms with E-state index in [0.29, 0.717) is 68.9 Å². The molecule has 0 saturated carbocycles. The number of nitrogen functional groups attached to an aromatic ring is 1. The van der Waals surface area contributed by atoms with Gasteiger partial charge in [-0.25, -0.2) is 19.6 Å². The van der Waals surface area contributed by atoms with Crippen molar-refractivity contribution >= 4 is 45.3 Å². The Hall–Kier alpha value is -5.81. The SMILES string of the molecule is CN1CCN(CCC(CCC#Cc2cccc3nc(Cn4nc(-c5ccc(O)cc5)c5c(N)ncnc54)n(Cc4ccccc4Cl)c(=O)c23)C(N)=O)CC1. The Balaban J connectivity index is 1.23. The van der Waals surface area contributed by atoms with Crippen LogP contribution < -0.4 is 17.0 Å². The zero-order chi connectivity index (χ0) is 37.8. The van der Waals surface area contributed by atoms with Crippen LogP contribution in [0.5, 0.6) is 5.75 Å². The quantitative estimate of drug-likeness (QED) is 0.164. The largest absolute Gasteiger partial charge is 0.508 e. The fourth-order valence-corrected chi connectivity index (χ4v) is 7.03. The average Bonchev–Trinajstić information content (AvgIpc) is 3.53. The van der Waals surface area contributed by atoms with Gasteiger partial charge in [0, 0.05) is 54.7 Å². The second-order valence-electron chi connectivity index (χ2n) is 13.6. The molecule has 7 rings (SSSR count). The fourth-order valence-electron chi connectivity index (χ4n) is 6.83. The van der Waals surface area contributed by atoms with Gasteiger partial charge in [0.25, 0.3) is 5.56 Å². The van der Waals surface area contributed by atoms with Crippen molar-refractivity contribution in [1.82, 2.24) is 39.1 Å². The lowest BCUT2D eigenvalue weighted by Gasteiger charge is -2.32. The number of piperazine rings is 1. The second kappa shape index (κ2) is 16.1. The third kappa shape index (κ3) is 7.91. The van der Waals surface area contributed by atoms with Crippen LogP contribution in [0.15, 0.2) is 77.9 Å². The Bertz CT molecular complexity index is 2440. The number of primary amides is 1. The average molecular weight is 745 g/mol. The normalized spacial score (nSPS) is 14.3. The van der Waals surface area contributed by atoms with Crippen LogP contribution in [-0.2, 0) is 17.9 Å². The first-order chi connectivity index (χ1) is 26.2. The summed E-state index contributed by atoms with van der Waals surface area (Å²) in [7, 11) is 2.12. The minimum Gasteiger partial charge on any atom is -0.508 e. The number of benzene rings is 3. The highest BCUT2D eigenvalue weighted by atomic mass is 35.5. The molecule has 1 aliphatic heterocycles. The van der Waals surface area contributed by atoms with Crippen molar-refractivity contribution in [3.05, 3.63) is 105 Å².